The number of rotatable bonds is 4. The van der Waals surface area contributed by atoms with E-state index in [1.165, 1.54) is 0 Å². The number of hydrogen-bond donors (Lipinski definition) is 2. The molecule has 152 valence electrons. The van der Waals surface area contributed by atoms with E-state index in [1.54, 1.807) is 6.07 Å². The summed E-state index contributed by atoms with van der Waals surface area (Å²) in [6.07, 6.45) is 3.03. The fraction of sp³-hybridized carbons (Fsp3) is 0.571. The number of halogens is 1. The Morgan fingerprint density at radius 1 is 1.25 bits per heavy atom. The zero-order chi connectivity index (χ0) is 20.5. The van der Waals surface area contributed by atoms with E-state index in [1.807, 2.05) is 18.2 Å². The maximum absolute atomic E-state index is 13.0. The molecule has 1 aromatic rings. The smallest absolute Gasteiger partial charge is 0.325 e. The zero-order valence-electron chi connectivity index (χ0n) is 16.7. The lowest BCUT2D eigenvalue weighted by atomic mass is 9.67. The molecular weight excluding hydrogens is 378 g/mol. The van der Waals surface area contributed by atoms with Gasteiger partial charge >= 0.3 is 6.03 Å². The van der Waals surface area contributed by atoms with Crippen molar-refractivity contribution in [3.63, 3.8) is 0 Å². The topological polar surface area (TPSA) is 78.5 Å². The summed E-state index contributed by atoms with van der Waals surface area (Å²) in [5.41, 5.74) is 0.125. The van der Waals surface area contributed by atoms with Crippen molar-refractivity contribution in [2.75, 3.05) is 6.54 Å². The zero-order valence-corrected chi connectivity index (χ0v) is 17.4. The molecule has 1 heterocycles. The molecule has 2 aliphatic rings. The van der Waals surface area contributed by atoms with Gasteiger partial charge in [-0.3, -0.25) is 14.5 Å². The summed E-state index contributed by atoms with van der Waals surface area (Å²) in [4.78, 5) is 38.7. The Balaban J connectivity index is 1.58. The molecule has 0 radical (unpaired) electrons. The monoisotopic (exact) mass is 405 g/mol. The number of urea groups is 1. The Morgan fingerprint density at radius 3 is 2.50 bits per heavy atom. The van der Waals surface area contributed by atoms with Crippen molar-refractivity contribution in [1.29, 1.82) is 0 Å². The van der Waals surface area contributed by atoms with Gasteiger partial charge in [-0.1, -0.05) is 50.6 Å². The summed E-state index contributed by atoms with van der Waals surface area (Å²) in [6.45, 7) is 6.60. The molecule has 1 aliphatic heterocycles. The minimum Gasteiger partial charge on any atom is -0.350 e. The Hall–Kier alpha value is -2.08. The van der Waals surface area contributed by atoms with Crippen molar-refractivity contribution >= 4 is 29.4 Å². The van der Waals surface area contributed by atoms with Gasteiger partial charge in [0.25, 0.3) is 5.91 Å². The lowest BCUT2D eigenvalue weighted by Gasteiger charge is -2.40. The highest BCUT2D eigenvalue weighted by Crippen LogP contribution is 2.43. The van der Waals surface area contributed by atoms with E-state index in [-0.39, 0.29) is 30.3 Å². The van der Waals surface area contributed by atoms with Crippen LogP contribution in [-0.2, 0) is 16.1 Å². The molecule has 0 unspecified atom stereocenters. The molecule has 0 atom stereocenters. The van der Waals surface area contributed by atoms with Crippen molar-refractivity contribution in [3.8, 4) is 0 Å². The summed E-state index contributed by atoms with van der Waals surface area (Å²) in [5.74, 6) is -0.141. The van der Waals surface area contributed by atoms with Gasteiger partial charge in [0, 0.05) is 11.6 Å². The number of nitrogens with one attached hydrogen (secondary N) is 2. The molecule has 2 N–H and O–H groups in total. The number of amides is 4. The second-order valence-corrected chi connectivity index (χ2v) is 9.32. The first kappa shape index (κ1) is 20.6. The minimum atomic E-state index is -0.845. The Labute approximate surface area is 171 Å². The van der Waals surface area contributed by atoms with E-state index in [2.05, 4.69) is 31.4 Å². The first-order valence-corrected chi connectivity index (χ1v) is 10.1. The fourth-order valence-corrected chi connectivity index (χ4v) is 4.37. The molecule has 0 bridgehead atoms. The summed E-state index contributed by atoms with van der Waals surface area (Å²) >= 11 is 6.09. The molecule has 28 heavy (non-hydrogen) atoms. The minimum absolute atomic E-state index is 0.186. The van der Waals surface area contributed by atoms with E-state index < -0.39 is 11.6 Å². The lowest BCUT2D eigenvalue weighted by molar-refractivity contribution is -0.136. The van der Waals surface area contributed by atoms with Crippen molar-refractivity contribution < 1.29 is 14.4 Å². The highest BCUT2D eigenvalue weighted by Gasteiger charge is 2.53. The molecule has 1 aliphatic carbocycles. The third-order valence-corrected chi connectivity index (χ3v) is 6.41. The number of carbonyl (C=O) groups is 3. The van der Waals surface area contributed by atoms with Gasteiger partial charge in [0.2, 0.25) is 5.91 Å². The highest BCUT2D eigenvalue weighted by molar-refractivity contribution is 6.31. The van der Waals surface area contributed by atoms with Crippen LogP contribution in [0.5, 0.6) is 0 Å². The van der Waals surface area contributed by atoms with Crippen molar-refractivity contribution in [2.24, 2.45) is 11.3 Å². The third-order valence-electron chi connectivity index (χ3n) is 6.05. The van der Waals surface area contributed by atoms with Gasteiger partial charge in [0.1, 0.15) is 12.1 Å². The number of imide groups is 1. The Kier molecular flexibility index (Phi) is 5.71. The molecular formula is C21H28ClN3O3. The van der Waals surface area contributed by atoms with Crippen LogP contribution >= 0.6 is 11.6 Å². The molecule has 1 spiro atoms. The van der Waals surface area contributed by atoms with Gasteiger partial charge in [0.15, 0.2) is 0 Å². The first-order valence-electron chi connectivity index (χ1n) is 9.77. The van der Waals surface area contributed by atoms with E-state index in [9.17, 15) is 14.4 Å². The fourth-order valence-electron chi connectivity index (χ4n) is 4.17. The van der Waals surface area contributed by atoms with Gasteiger partial charge in [-0.15, -0.1) is 0 Å². The SMILES string of the molecule is CC(C)(C)C1CCC2(CC1)NC(=O)N(CC(=O)NCc1ccccc1Cl)C2=O. The lowest BCUT2D eigenvalue weighted by Crippen LogP contribution is -2.51. The highest BCUT2D eigenvalue weighted by atomic mass is 35.5. The van der Waals surface area contributed by atoms with Crippen molar-refractivity contribution in [2.45, 2.75) is 58.5 Å². The van der Waals surface area contributed by atoms with Crippen LogP contribution in [0.2, 0.25) is 5.02 Å². The summed E-state index contributed by atoms with van der Waals surface area (Å²) in [5, 5.41) is 6.16. The summed E-state index contributed by atoms with van der Waals surface area (Å²) < 4.78 is 0. The van der Waals surface area contributed by atoms with Gasteiger partial charge < -0.3 is 10.6 Å². The second kappa shape index (κ2) is 7.74. The number of hydrogen-bond acceptors (Lipinski definition) is 3. The van der Waals surface area contributed by atoms with Crippen LogP contribution in [0.25, 0.3) is 0 Å². The van der Waals surface area contributed by atoms with Crippen LogP contribution in [-0.4, -0.2) is 34.8 Å². The van der Waals surface area contributed by atoms with Gasteiger partial charge in [-0.25, -0.2) is 4.79 Å². The summed E-state index contributed by atoms with van der Waals surface area (Å²) in [6, 6.07) is 6.74. The third kappa shape index (κ3) is 4.17. The predicted octanol–water partition coefficient (Wildman–Crippen LogP) is 3.48. The maximum atomic E-state index is 13.0. The van der Waals surface area contributed by atoms with Crippen LogP contribution in [0.15, 0.2) is 24.3 Å². The number of benzene rings is 1. The molecule has 6 nitrogen and oxygen atoms in total. The largest absolute Gasteiger partial charge is 0.350 e. The normalized spacial score (nSPS) is 25.1. The first-order chi connectivity index (χ1) is 13.1. The molecule has 2 fully saturated rings. The molecule has 1 aromatic carbocycles. The molecule has 1 saturated heterocycles. The number of carbonyl (C=O) groups excluding carboxylic acids is 3. The van der Waals surface area contributed by atoms with Crippen LogP contribution in [0, 0.1) is 11.3 Å². The maximum Gasteiger partial charge on any atom is 0.325 e. The average Bonchev–Trinajstić information content (AvgIpc) is 2.85. The van der Waals surface area contributed by atoms with Gasteiger partial charge in [-0.2, -0.15) is 0 Å². The number of nitrogens with zero attached hydrogens (tertiary/aromatic N) is 1. The average molecular weight is 406 g/mol. The van der Waals surface area contributed by atoms with Crippen LogP contribution in [0.4, 0.5) is 4.79 Å². The Morgan fingerprint density at radius 2 is 1.89 bits per heavy atom. The van der Waals surface area contributed by atoms with E-state index >= 15 is 0 Å². The van der Waals surface area contributed by atoms with Crippen LogP contribution < -0.4 is 10.6 Å². The predicted molar refractivity (Wildman–Crippen MR) is 108 cm³/mol. The van der Waals surface area contributed by atoms with Gasteiger partial charge in [0.05, 0.1) is 0 Å². The molecule has 1 saturated carbocycles. The quantitative estimate of drug-likeness (QED) is 0.752. The Bertz CT molecular complexity index is 779. The molecule has 4 amide bonds. The summed E-state index contributed by atoms with van der Waals surface area (Å²) in [7, 11) is 0. The molecule has 3 rings (SSSR count). The standard InChI is InChI=1S/C21H28ClN3O3/c1-20(2,3)15-8-10-21(11-9-15)18(27)25(19(28)24-21)13-17(26)23-12-14-6-4-5-7-16(14)22/h4-7,15H,8-13H2,1-3H3,(H,23,26)(H,24,28). The molecule has 7 heteroatoms. The second-order valence-electron chi connectivity index (χ2n) is 8.91. The van der Waals surface area contributed by atoms with Crippen molar-refractivity contribution in [3.05, 3.63) is 34.9 Å². The van der Waals surface area contributed by atoms with E-state index in [0.29, 0.717) is 23.8 Å². The van der Waals surface area contributed by atoms with Crippen molar-refractivity contribution in [1.82, 2.24) is 15.5 Å². The molecule has 0 aromatic heterocycles. The van der Waals surface area contributed by atoms with Gasteiger partial charge in [-0.05, 0) is 48.6 Å². The van der Waals surface area contributed by atoms with E-state index in [0.717, 1.165) is 23.3 Å². The van der Waals surface area contributed by atoms with Crippen LogP contribution in [0.1, 0.15) is 52.0 Å². The van der Waals surface area contributed by atoms with Crippen LogP contribution in [0.3, 0.4) is 0 Å². The van der Waals surface area contributed by atoms with E-state index in [4.69, 9.17) is 11.6 Å².